The Balaban J connectivity index is -0.0000000457. The van der Waals surface area contributed by atoms with Crippen LogP contribution in [0, 0.1) is 0 Å². The van der Waals surface area contributed by atoms with Crippen molar-refractivity contribution in [2.24, 2.45) is 0 Å². The molecule has 0 atom stereocenters. The zero-order valence-electron chi connectivity index (χ0n) is 6.50. The molecule has 12 heteroatoms. The van der Waals surface area contributed by atoms with E-state index in [1.54, 1.807) is 0 Å². The van der Waals surface area contributed by atoms with Gasteiger partial charge in [-0.05, 0) is 0 Å². The average Bonchev–Trinajstić information content (AvgIpc) is 1.12. The van der Waals surface area contributed by atoms with Gasteiger partial charge in [0.25, 0.3) is 0 Å². The molecule has 0 saturated heterocycles. The van der Waals surface area contributed by atoms with Crippen LogP contribution in [-0.4, -0.2) is 46.9 Å². The van der Waals surface area contributed by atoms with Crippen LogP contribution in [0.25, 0.3) is 0 Å². The molecule has 0 aromatic heterocycles. The zero-order valence-corrected chi connectivity index (χ0v) is 10.5. The first-order valence-electron chi connectivity index (χ1n) is 1.75. The van der Waals surface area contributed by atoms with Crippen molar-refractivity contribution in [1.29, 1.82) is 0 Å². The quantitative estimate of drug-likeness (QED) is 0.219. The van der Waals surface area contributed by atoms with Gasteiger partial charge in [-0.15, -0.1) is 0 Å². The zero-order chi connectivity index (χ0) is 9.00. The van der Waals surface area contributed by atoms with Gasteiger partial charge in [0, 0.05) is 0 Å². The van der Waals surface area contributed by atoms with Crippen LogP contribution in [-0.2, 0) is 0 Å². The number of hydrogen-bond acceptors (Lipinski definition) is 8. The summed E-state index contributed by atoms with van der Waals surface area (Å²) >= 11 is 0. The van der Waals surface area contributed by atoms with Gasteiger partial charge >= 0.3 is 57.5 Å². The molecule has 0 heterocycles. The molecule has 0 aromatic rings. The molecule has 0 amide bonds. The van der Waals surface area contributed by atoms with Crippen LogP contribution >= 0.6 is 0 Å². The Labute approximate surface area is 104 Å². The maximum atomic E-state index is 8.80. The SMILES string of the molecule is O[Si](O)(O)O.[Li+].[Na+].[O-][Si]([O-])(O)O. The molecule has 0 bridgehead atoms. The fraction of sp³-hybridized carbons (Fsp3) is 0. The van der Waals surface area contributed by atoms with Crippen LogP contribution in [0.5, 0.6) is 0 Å². The van der Waals surface area contributed by atoms with Gasteiger partial charge in [0.1, 0.15) is 9.05 Å². The monoisotopic (exact) mass is 220 g/mol. The van der Waals surface area contributed by atoms with E-state index in [1.807, 2.05) is 0 Å². The fourth-order valence-corrected chi connectivity index (χ4v) is 0. The normalized spacial score (nSPS) is 10.0. The first-order chi connectivity index (χ1) is 4.00. The predicted octanol–water partition coefficient (Wildman–Crippen LogP) is -12.5. The molecule has 0 aromatic carbocycles. The van der Waals surface area contributed by atoms with E-state index in [0.29, 0.717) is 0 Å². The molecule has 0 aliphatic rings. The molecule has 8 nitrogen and oxygen atoms in total. The van der Waals surface area contributed by atoms with Crippen molar-refractivity contribution >= 4 is 18.1 Å². The second-order valence-electron chi connectivity index (χ2n) is 1.15. The third-order valence-corrected chi connectivity index (χ3v) is 0. The summed E-state index contributed by atoms with van der Waals surface area (Å²) in [7, 11) is -9.72. The van der Waals surface area contributed by atoms with E-state index in [1.165, 1.54) is 0 Å². The summed E-state index contributed by atoms with van der Waals surface area (Å²) < 4.78 is 0. The minimum atomic E-state index is -5.11. The van der Waals surface area contributed by atoms with E-state index < -0.39 is 18.1 Å². The van der Waals surface area contributed by atoms with Gasteiger partial charge in [-0.25, -0.2) is 0 Å². The molecule has 6 N–H and O–H groups in total. The standard InChI is InChI=1S/Li.Na.H4O4Si.H2O4Si/c;;2*1-5(2,3)4/h;;1-4H;1-2H/q2*+1;;-2. The molecule has 0 aliphatic heterocycles. The van der Waals surface area contributed by atoms with Crippen LogP contribution in [0.1, 0.15) is 0 Å². The predicted molar refractivity (Wildman–Crippen MR) is 24.8 cm³/mol. The third kappa shape index (κ3) is 459. The van der Waals surface area contributed by atoms with Gasteiger partial charge in [0.2, 0.25) is 0 Å². The molecule has 0 saturated carbocycles. The Bertz CT molecular complexity index is 60.0. The van der Waals surface area contributed by atoms with Gasteiger partial charge in [-0.1, -0.05) is 0 Å². The Hall–Kier alpha value is 1.71. The van der Waals surface area contributed by atoms with E-state index in [4.69, 9.17) is 38.4 Å². The van der Waals surface area contributed by atoms with Crippen molar-refractivity contribution in [3.63, 3.8) is 0 Å². The van der Waals surface area contributed by atoms with Crippen molar-refractivity contribution in [3.05, 3.63) is 0 Å². The van der Waals surface area contributed by atoms with Crippen LogP contribution < -0.4 is 58.0 Å². The van der Waals surface area contributed by atoms with Crippen molar-refractivity contribution in [2.75, 3.05) is 0 Å². The molecule has 0 fully saturated rings. The summed E-state index contributed by atoms with van der Waals surface area (Å²) in [6.07, 6.45) is 0. The minimum Gasteiger partial charge on any atom is -0.828 e. The smallest absolute Gasteiger partial charge is 0.828 e. The van der Waals surface area contributed by atoms with Gasteiger partial charge < -0.3 is 38.4 Å². The molecule has 0 aliphatic carbocycles. The van der Waals surface area contributed by atoms with Crippen LogP contribution in [0.2, 0.25) is 0 Å². The molecular weight excluding hydrogens is 214 g/mol. The maximum Gasteiger partial charge on any atom is 1.00 e. The summed E-state index contributed by atoms with van der Waals surface area (Å²) in [5.74, 6) is 0. The van der Waals surface area contributed by atoms with E-state index >= 15 is 0 Å². The van der Waals surface area contributed by atoms with Crippen LogP contribution in [0.3, 0.4) is 0 Å². The average molecular weight is 220 g/mol. The molecule has 0 unspecified atom stereocenters. The molecular formula is H6LiNaO8Si2. The van der Waals surface area contributed by atoms with Gasteiger partial charge in [-0.2, -0.15) is 0 Å². The van der Waals surface area contributed by atoms with E-state index in [2.05, 4.69) is 0 Å². The van der Waals surface area contributed by atoms with Crippen LogP contribution in [0.4, 0.5) is 0 Å². The minimum absolute atomic E-state index is 0. The van der Waals surface area contributed by atoms with Crippen LogP contribution in [0.15, 0.2) is 0 Å². The van der Waals surface area contributed by atoms with E-state index in [9.17, 15) is 0 Å². The largest absolute Gasteiger partial charge is 1.00 e. The molecule has 12 heavy (non-hydrogen) atoms. The second kappa shape index (κ2) is 9.27. The number of rotatable bonds is 0. The fourth-order valence-electron chi connectivity index (χ4n) is 0. The van der Waals surface area contributed by atoms with Gasteiger partial charge in [0.15, 0.2) is 0 Å². The summed E-state index contributed by atoms with van der Waals surface area (Å²) in [6.45, 7) is 0. The van der Waals surface area contributed by atoms with Gasteiger partial charge in [-0.3, -0.25) is 0 Å². The van der Waals surface area contributed by atoms with Gasteiger partial charge in [0.05, 0.1) is 0 Å². The first kappa shape index (κ1) is 23.5. The van der Waals surface area contributed by atoms with Crippen molar-refractivity contribution in [3.8, 4) is 0 Å². The summed E-state index contributed by atoms with van der Waals surface area (Å²) in [4.78, 5) is 61.1. The maximum absolute atomic E-state index is 8.80. The Morgan fingerprint density at radius 2 is 0.750 bits per heavy atom. The van der Waals surface area contributed by atoms with Crippen molar-refractivity contribution in [2.45, 2.75) is 0 Å². The number of hydrogen-bond donors (Lipinski definition) is 6. The third-order valence-electron chi connectivity index (χ3n) is 0. The first-order valence-corrected chi connectivity index (χ1v) is 5.25. The second-order valence-corrected chi connectivity index (χ2v) is 3.45. The molecule has 0 spiro atoms. The van der Waals surface area contributed by atoms with Crippen molar-refractivity contribution in [1.82, 2.24) is 0 Å². The molecule has 0 radical (unpaired) electrons. The Kier molecular flexibility index (Phi) is 18.2. The molecule has 64 valence electrons. The summed E-state index contributed by atoms with van der Waals surface area (Å²) in [5, 5.41) is 0. The molecule has 0 rings (SSSR count). The topological polar surface area (TPSA) is 168 Å². The van der Waals surface area contributed by atoms with Crippen molar-refractivity contribution < 1.29 is 86.8 Å². The Morgan fingerprint density at radius 1 is 0.750 bits per heavy atom. The summed E-state index contributed by atoms with van der Waals surface area (Å²) in [5.41, 5.74) is 0. The van der Waals surface area contributed by atoms with E-state index in [-0.39, 0.29) is 48.4 Å². The van der Waals surface area contributed by atoms with E-state index in [0.717, 1.165) is 0 Å². The Morgan fingerprint density at radius 3 is 0.750 bits per heavy atom. The summed E-state index contributed by atoms with van der Waals surface area (Å²) in [6, 6.07) is 0.